The molecule has 2 nitrogen and oxygen atoms in total. The molecule has 2 heteroatoms. The Morgan fingerprint density at radius 1 is 0.625 bits per heavy atom. The fourth-order valence-electron chi connectivity index (χ4n) is 12.0. The molecule has 0 unspecified atom stereocenters. The van der Waals surface area contributed by atoms with E-state index < -0.39 is 0 Å². The summed E-state index contributed by atoms with van der Waals surface area (Å²) in [4.78, 5) is 0. The van der Waals surface area contributed by atoms with Gasteiger partial charge < -0.3 is 10.8 Å². The highest BCUT2D eigenvalue weighted by Crippen LogP contribution is 2.77. The number of aliphatic hydroxyl groups excluding tert-OH is 1. The summed E-state index contributed by atoms with van der Waals surface area (Å²) in [5, 5.41) is 10.9. The largest absolute Gasteiger partial charge is 0.393 e. The molecular weight excluding hydrogens is 390 g/mol. The second kappa shape index (κ2) is 6.37. The molecule has 182 valence electrons. The summed E-state index contributed by atoms with van der Waals surface area (Å²) in [7, 11) is 0. The summed E-state index contributed by atoms with van der Waals surface area (Å²) < 4.78 is 0. The Morgan fingerprint density at radius 3 is 2.03 bits per heavy atom. The Labute approximate surface area is 197 Å². The van der Waals surface area contributed by atoms with E-state index in [4.69, 9.17) is 5.73 Å². The molecule has 6 aliphatic carbocycles. The zero-order valence-electron chi connectivity index (χ0n) is 22.0. The first-order chi connectivity index (χ1) is 14.8. The highest BCUT2D eigenvalue weighted by atomic mass is 16.3. The van der Waals surface area contributed by atoms with Crippen LogP contribution in [0.4, 0.5) is 0 Å². The lowest BCUT2D eigenvalue weighted by atomic mass is 9.32. The van der Waals surface area contributed by atoms with Crippen LogP contribution < -0.4 is 5.73 Å². The molecule has 6 saturated carbocycles. The summed E-state index contributed by atoms with van der Waals surface area (Å²) >= 11 is 0. The van der Waals surface area contributed by atoms with Crippen molar-refractivity contribution in [2.24, 2.45) is 62.4 Å². The van der Waals surface area contributed by atoms with Gasteiger partial charge in [0, 0.05) is 5.54 Å². The minimum absolute atomic E-state index is 0.0577. The zero-order valence-corrected chi connectivity index (χ0v) is 22.0. The van der Waals surface area contributed by atoms with Crippen LogP contribution in [0.15, 0.2) is 0 Å². The molecule has 6 aliphatic rings. The van der Waals surface area contributed by atoms with Crippen LogP contribution in [0.2, 0.25) is 0 Å². The molecule has 6 fully saturated rings. The van der Waals surface area contributed by atoms with Crippen molar-refractivity contribution in [1.29, 1.82) is 0 Å². The van der Waals surface area contributed by atoms with Crippen molar-refractivity contribution in [3.63, 3.8) is 0 Å². The van der Waals surface area contributed by atoms with Crippen LogP contribution in [0.25, 0.3) is 0 Å². The standard InChI is InChI=1S/C30H51NO/c1-25(2)21-10-13-29(6)22(27(21,4)12-11-23(25)32)8-7-20-24-19(26(3)15-16-26)9-14-30(24,31)18-17-28(20,29)5/h19-24,32H,7-18,31H2,1-6H3/t19-,20-,21+,22-,23+,24-,27+,28-,29-,30+/m1/s1. The quantitative estimate of drug-likeness (QED) is 0.463. The van der Waals surface area contributed by atoms with Crippen LogP contribution in [0.5, 0.6) is 0 Å². The van der Waals surface area contributed by atoms with Gasteiger partial charge >= 0.3 is 0 Å². The van der Waals surface area contributed by atoms with E-state index in [1.54, 1.807) is 0 Å². The van der Waals surface area contributed by atoms with Gasteiger partial charge in [-0.2, -0.15) is 0 Å². The fourth-order valence-corrected chi connectivity index (χ4v) is 12.0. The Hall–Kier alpha value is -0.0800. The van der Waals surface area contributed by atoms with Gasteiger partial charge in [-0.25, -0.2) is 0 Å². The van der Waals surface area contributed by atoms with E-state index in [-0.39, 0.29) is 17.1 Å². The van der Waals surface area contributed by atoms with E-state index in [1.165, 1.54) is 70.6 Å². The first kappa shape index (κ1) is 22.4. The first-order valence-corrected chi connectivity index (χ1v) is 14.3. The first-order valence-electron chi connectivity index (χ1n) is 14.3. The van der Waals surface area contributed by atoms with Gasteiger partial charge in [0.15, 0.2) is 0 Å². The van der Waals surface area contributed by atoms with Gasteiger partial charge in [-0.1, -0.05) is 41.5 Å². The number of hydrogen-bond donors (Lipinski definition) is 2. The van der Waals surface area contributed by atoms with Crippen molar-refractivity contribution in [3.05, 3.63) is 0 Å². The molecule has 6 rings (SSSR count). The average Bonchev–Trinajstić information content (AvgIpc) is 3.36. The molecule has 0 aromatic heterocycles. The van der Waals surface area contributed by atoms with Crippen molar-refractivity contribution in [3.8, 4) is 0 Å². The van der Waals surface area contributed by atoms with Gasteiger partial charge in [-0.05, 0) is 134 Å². The molecular formula is C30H51NO. The van der Waals surface area contributed by atoms with Crippen LogP contribution in [-0.2, 0) is 0 Å². The minimum Gasteiger partial charge on any atom is -0.393 e. The third-order valence-corrected chi connectivity index (χ3v) is 14.4. The van der Waals surface area contributed by atoms with E-state index in [9.17, 15) is 5.11 Å². The van der Waals surface area contributed by atoms with E-state index in [0.29, 0.717) is 27.6 Å². The third-order valence-electron chi connectivity index (χ3n) is 14.4. The number of fused-ring (bicyclic) bond motifs is 7. The summed E-state index contributed by atoms with van der Waals surface area (Å²) in [5.74, 6) is 3.95. The minimum atomic E-state index is -0.122. The highest BCUT2D eigenvalue weighted by Gasteiger charge is 2.71. The van der Waals surface area contributed by atoms with Gasteiger partial charge in [-0.3, -0.25) is 0 Å². The molecule has 0 radical (unpaired) electrons. The fraction of sp³-hybridized carbons (Fsp3) is 1.00. The normalized spacial score (nSPS) is 60.0. The zero-order chi connectivity index (χ0) is 22.9. The summed E-state index contributed by atoms with van der Waals surface area (Å²) in [6.07, 6.45) is 15.8. The van der Waals surface area contributed by atoms with Crippen molar-refractivity contribution in [1.82, 2.24) is 0 Å². The Bertz CT molecular complexity index is 801. The monoisotopic (exact) mass is 441 g/mol. The predicted molar refractivity (Wildman–Crippen MR) is 132 cm³/mol. The van der Waals surface area contributed by atoms with E-state index in [1.807, 2.05) is 0 Å². The van der Waals surface area contributed by atoms with Crippen LogP contribution in [-0.4, -0.2) is 16.7 Å². The molecule has 0 spiro atoms. The van der Waals surface area contributed by atoms with Crippen LogP contribution in [0.3, 0.4) is 0 Å². The Kier molecular flexibility index (Phi) is 4.46. The highest BCUT2D eigenvalue weighted by molar-refractivity contribution is 5.22. The molecule has 3 N–H and O–H groups in total. The van der Waals surface area contributed by atoms with Crippen molar-refractivity contribution >= 4 is 0 Å². The maximum atomic E-state index is 10.9. The Balaban J connectivity index is 1.39. The summed E-state index contributed by atoms with van der Waals surface area (Å²) in [6, 6.07) is 0. The van der Waals surface area contributed by atoms with Gasteiger partial charge in [-0.15, -0.1) is 0 Å². The summed E-state index contributed by atoms with van der Waals surface area (Å²) in [5.41, 5.74) is 9.35. The van der Waals surface area contributed by atoms with Gasteiger partial charge in [0.2, 0.25) is 0 Å². The van der Waals surface area contributed by atoms with E-state index in [0.717, 1.165) is 30.1 Å². The van der Waals surface area contributed by atoms with Crippen molar-refractivity contribution < 1.29 is 5.11 Å². The summed E-state index contributed by atoms with van der Waals surface area (Å²) in [6.45, 7) is 15.5. The molecule has 0 heterocycles. The van der Waals surface area contributed by atoms with Crippen LogP contribution >= 0.6 is 0 Å². The smallest absolute Gasteiger partial charge is 0.0594 e. The predicted octanol–water partition coefficient (Wildman–Crippen LogP) is 6.94. The van der Waals surface area contributed by atoms with Gasteiger partial charge in [0.05, 0.1) is 6.10 Å². The number of hydrogen-bond acceptors (Lipinski definition) is 2. The molecule has 32 heavy (non-hydrogen) atoms. The van der Waals surface area contributed by atoms with Crippen LogP contribution in [0.1, 0.15) is 119 Å². The lowest BCUT2D eigenvalue weighted by Gasteiger charge is -2.73. The SMILES string of the molecule is CC1([C@@H]2CC[C@]3(N)CC[C@]4(C)[C@H](CC[C@@H]5[C@@]6(C)CC[C@H](O)C(C)(C)[C@@H]6CC[C@]54C)[C@@H]23)CC1. The third kappa shape index (κ3) is 2.51. The maximum Gasteiger partial charge on any atom is 0.0594 e. The van der Waals surface area contributed by atoms with E-state index in [2.05, 4.69) is 41.5 Å². The van der Waals surface area contributed by atoms with Gasteiger partial charge in [0.25, 0.3) is 0 Å². The van der Waals surface area contributed by atoms with Crippen molar-refractivity contribution in [2.45, 2.75) is 130 Å². The lowest BCUT2D eigenvalue weighted by Crippen LogP contribution is -2.68. The number of nitrogens with two attached hydrogens (primary N) is 1. The second-order valence-corrected chi connectivity index (χ2v) is 15.6. The van der Waals surface area contributed by atoms with E-state index >= 15 is 0 Å². The second-order valence-electron chi connectivity index (χ2n) is 15.6. The molecule has 0 saturated heterocycles. The molecule has 0 aromatic rings. The average molecular weight is 442 g/mol. The lowest BCUT2D eigenvalue weighted by molar-refractivity contribution is -0.243. The van der Waals surface area contributed by atoms with Crippen molar-refractivity contribution in [2.75, 3.05) is 0 Å². The topological polar surface area (TPSA) is 46.2 Å². The molecule has 0 aliphatic heterocycles. The Morgan fingerprint density at radius 2 is 1.34 bits per heavy atom. The molecule has 0 amide bonds. The van der Waals surface area contributed by atoms with Gasteiger partial charge in [0.1, 0.15) is 0 Å². The maximum absolute atomic E-state index is 10.9. The molecule has 0 aromatic carbocycles. The molecule has 10 atom stereocenters. The molecule has 0 bridgehead atoms. The van der Waals surface area contributed by atoms with Crippen LogP contribution in [0, 0.1) is 56.7 Å². The number of aliphatic hydroxyl groups is 1. The number of rotatable bonds is 1.